The monoisotopic (exact) mass is 354 g/mol. The van der Waals surface area contributed by atoms with Gasteiger partial charge in [-0.25, -0.2) is 9.78 Å². The summed E-state index contributed by atoms with van der Waals surface area (Å²) in [4.78, 5) is 29.2. The van der Waals surface area contributed by atoms with Crippen LogP contribution in [-0.2, 0) is 6.42 Å². The second kappa shape index (κ2) is 6.64. The van der Waals surface area contributed by atoms with Crippen LogP contribution >= 0.6 is 11.3 Å². The molecule has 6 heteroatoms. The highest BCUT2D eigenvalue weighted by Crippen LogP contribution is 2.22. The molecule has 0 aliphatic rings. The Kier molecular flexibility index (Phi) is 4.55. The van der Waals surface area contributed by atoms with E-state index in [-0.39, 0.29) is 10.4 Å². The van der Waals surface area contributed by atoms with E-state index < -0.39 is 5.97 Å². The van der Waals surface area contributed by atoms with Gasteiger partial charge in [-0.3, -0.25) is 9.20 Å². The van der Waals surface area contributed by atoms with E-state index in [4.69, 9.17) is 0 Å². The normalized spacial score (nSPS) is 11.5. The van der Waals surface area contributed by atoms with E-state index in [0.29, 0.717) is 28.3 Å². The van der Waals surface area contributed by atoms with Crippen LogP contribution in [0.2, 0.25) is 0 Å². The molecule has 3 rings (SSSR count). The molecular weight excluding hydrogens is 336 g/mol. The van der Waals surface area contributed by atoms with Gasteiger partial charge in [0.2, 0.25) is 0 Å². The summed E-state index contributed by atoms with van der Waals surface area (Å²) in [6, 6.07) is 8.03. The Labute approximate surface area is 148 Å². The molecule has 2 aromatic heterocycles. The maximum atomic E-state index is 12.8. The molecule has 25 heavy (non-hydrogen) atoms. The number of fused-ring (bicyclic) bond motifs is 1. The molecule has 0 bridgehead atoms. The number of thiazole rings is 1. The van der Waals surface area contributed by atoms with Crippen LogP contribution in [0.5, 0.6) is 0 Å². The third-order valence-corrected chi connectivity index (χ3v) is 5.19. The maximum Gasteiger partial charge on any atom is 0.347 e. The van der Waals surface area contributed by atoms with E-state index in [1.54, 1.807) is 6.92 Å². The zero-order chi connectivity index (χ0) is 18.1. The number of benzene rings is 1. The Bertz CT molecular complexity index is 1060. The van der Waals surface area contributed by atoms with E-state index in [0.717, 1.165) is 22.5 Å². The topological polar surface area (TPSA) is 71.7 Å². The van der Waals surface area contributed by atoms with Crippen LogP contribution in [0.15, 0.2) is 29.1 Å². The van der Waals surface area contributed by atoms with Crippen molar-refractivity contribution in [1.82, 2.24) is 9.38 Å². The summed E-state index contributed by atoms with van der Waals surface area (Å²) in [5.74, 6) is -1.04. The molecule has 0 saturated carbocycles. The molecule has 0 unspecified atom stereocenters. The van der Waals surface area contributed by atoms with Gasteiger partial charge in [0.25, 0.3) is 5.56 Å². The van der Waals surface area contributed by atoms with Crippen molar-refractivity contribution in [2.24, 2.45) is 0 Å². The quantitative estimate of drug-likeness (QED) is 0.773. The standard InChI is InChI=1S/C19H18N2O3S/c1-4-14-15(9-8-13-7-5-6-11(2)10-13)20-19-21(17(14)22)12(3)16(25-19)18(23)24/h5-10H,4H2,1-3H3,(H,23,24). The van der Waals surface area contributed by atoms with Crippen LogP contribution in [0, 0.1) is 13.8 Å². The Morgan fingerprint density at radius 1 is 1.32 bits per heavy atom. The van der Waals surface area contributed by atoms with Gasteiger partial charge < -0.3 is 5.11 Å². The number of nitrogens with zero attached hydrogens (tertiary/aromatic N) is 2. The van der Waals surface area contributed by atoms with Gasteiger partial charge >= 0.3 is 5.97 Å². The lowest BCUT2D eigenvalue weighted by atomic mass is 10.1. The number of aromatic carboxylic acids is 1. The Hall–Kier alpha value is -2.73. The van der Waals surface area contributed by atoms with Crippen molar-refractivity contribution in [3.05, 3.63) is 67.6 Å². The Morgan fingerprint density at radius 3 is 2.72 bits per heavy atom. The van der Waals surface area contributed by atoms with Crippen LogP contribution in [0.4, 0.5) is 0 Å². The minimum Gasteiger partial charge on any atom is -0.477 e. The van der Waals surface area contributed by atoms with Gasteiger partial charge in [-0.1, -0.05) is 54.2 Å². The van der Waals surface area contributed by atoms with E-state index >= 15 is 0 Å². The number of aromatic nitrogens is 2. The van der Waals surface area contributed by atoms with E-state index in [1.807, 2.05) is 50.3 Å². The molecule has 0 saturated heterocycles. The molecule has 0 fully saturated rings. The number of carboxylic acid groups (broad SMARTS) is 1. The van der Waals surface area contributed by atoms with Crippen molar-refractivity contribution < 1.29 is 9.90 Å². The second-order valence-corrected chi connectivity index (χ2v) is 6.80. The Morgan fingerprint density at radius 2 is 2.08 bits per heavy atom. The number of hydrogen-bond donors (Lipinski definition) is 1. The van der Waals surface area contributed by atoms with Crippen LogP contribution < -0.4 is 5.56 Å². The van der Waals surface area contributed by atoms with Crippen LogP contribution in [-0.4, -0.2) is 20.5 Å². The minimum absolute atomic E-state index is 0.145. The third-order valence-electron chi connectivity index (χ3n) is 4.06. The molecule has 0 aliphatic heterocycles. The first kappa shape index (κ1) is 17.1. The maximum absolute atomic E-state index is 12.8. The van der Waals surface area contributed by atoms with Crippen LogP contribution in [0.25, 0.3) is 17.1 Å². The molecule has 5 nitrogen and oxygen atoms in total. The van der Waals surface area contributed by atoms with Gasteiger partial charge in [0.05, 0.1) is 11.4 Å². The molecule has 2 heterocycles. The molecule has 128 valence electrons. The van der Waals surface area contributed by atoms with Gasteiger partial charge in [0.15, 0.2) is 4.96 Å². The highest BCUT2D eigenvalue weighted by molar-refractivity contribution is 7.18. The molecule has 1 N–H and O–H groups in total. The fourth-order valence-electron chi connectivity index (χ4n) is 2.80. The molecule has 0 amide bonds. The molecule has 0 aliphatic carbocycles. The average Bonchev–Trinajstić information content (AvgIpc) is 2.90. The molecular formula is C19H18N2O3S. The lowest BCUT2D eigenvalue weighted by Crippen LogP contribution is -2.21. The smallest absolute Gasteiger partial charge is 0.347 e. The van der Waals surface area contributed by atoms with Crippen molar-refractivity contribution >= 4 is 34.4 Å². The van der Waals surface area contributed by atoms with Crippen molar-refractivity contribution in [2.45, 2.75) is 27.2 Å². The first-order valence-electron chi connectivity index (χ1n) is 7.95. The first-order chi connectivity index (χ1) is 11.9. The summed E-state index contributed by atoms with van der Waals surface area (Å²) >= 11 is 1.02. The summed E-state index contributed by atoms with van der Waals surface area (Å²) in [6.45, 7) is 5.56. The number of rotatable bonds is 4. The summed E-state index contributed by atoms with van der Waals surface area (Å²) in [7, 11) is 0. The fourth-order valence-corrected chi connectivity index (χ4v) is 3.76. The van der Waals surface area contributed by atoms with Crippen molar-refractivity contribution in [3.63, 3.8) is 0 Å². The zero-order valence-corrected chi connectivity index (χ0v) is 15.1. The second-order valence-electron chi connectivity index (χ2n) is 5.82. The minimum atomic E-state index is -1.04. The van der Waals surface area contributed by atoms with Gasteiger partial charge in [-0.2, -0.15) is 0 Å². The number of aryl methyl sites for hydroxylation is 2. The predicted octanol–water partition coefficient (Wildman–Crippen LogP) is 3.80. The van der Waals surface area contributed by atoms with Gasteiger partial charge in [-0.05, 0) is 31.9 Å². The molecule has 0 spiro atoms. The van der Waals surface area contributed by atoms with Gasteiger partial charge in [0.1, 0.15) is 4.88 Å². The summed E-state index contributed by atoms with van der Waals surface area (Å²) in [6.07, 6.45) is 4.27. The lowest BCUT2D eigenvalue weighted by Gasteiger charge is -2.04. The van der Waals surface area contributed by atoms with Crippen LogP contribution in [0.1, 0.15) is 44.7 Å². The molecule has 1 aromatic carbocycles. The summed E-state index contributed by atoms with van der Waals surface area (Å²) in [5, 5.41) is 9.28. The molecule has 3 aromatic rings. The van der Waals surface area contributed by atoms with Gasteiger partial charge in [0, 0.05) is 5.56 Å². The van der Waals surface area contributed by atoms with Crippen molar-refractivity contribution in [1.29, 1.82) is 0 Å². The fraction of sp³-hybridized carbons (Fsp3) is 0.211. The average molecular weight is 354 g/mol. The summed E-state index contributed by atoms with van der Waals surface area (Å²) < 4.78 is 1.40. The highest BCUT2D eigenvalue weighted by atomic mass is 32.1. The summed E-state index contributed by atoms with van der Waals surface area (Å²) in [5.41, 5.74) is 3.58. The van der Waals surface area contributed by atoms with E-state index in [1.165, 1.54) is 4.40 Å². The zero-order valence-electron chi connectivity index (χ0n) is 14.2. The SMILES string of the molecule is CCc1c(C=Cc2cccc(C)c2)nc2sc(C(=O)O)c(C)n2c1=O. The largest absolute Gasteiger partial charge is 0.477 e. The first-order valence-corrected chi connectivity index (χ1v) is 8.77. The predicted molar refractivity (Wildman–Crippen MR) is 101 cm³/mol. The number of carboxylic acids is 1. The van der Waals surface area contributed by atoms with Crippen molar-refractivity contribution in [2.75, 3.05) is 0 Å². The van der Waals surface area contributed by atoms with Gasteiger partial charge in [-0.15, -0.1) is 0 Å². The molecule has 0 radical (unpaired) electrons. The lowest BCUT2D eigenvalue weighted by molar-refractivity contribution is 0.0701. The third kappa shape index (κ3) is 3.13. The van der Waals surface area contributed by atoms with E-state index in [2.05, 4.69) is 4.98 Å². The van der Waals surface area contributed by atoms with E-state index in [9.17, 15) is 14.7 Å². The van der Waals surface area contributed by atoms with Crippen LogP contribution in [0.3, 0.4) is 0 Å². The number of carbonyl (C=O) groups is 1. The highest BCUT2D eigenvalue weighted by Gasteiger charge is 2.19. The Balaban J connectivity index is 2.18. The molecule has 0 atom stereocenters. The number of hydrogen-bond acceptors (Lipinski definition) is 4. The van der Waals surface area contributed by atoms with Crippen molar-refractivity contribution in [3.8, 4) is 0 Å².